The number of rotatable bonds is 6. The molecule has 1 unspecified atom stereocenters. The summed E-state index contributed by atoms with van der Waals surface area (Å²) in [6.07, 6.45) is 0.0505. The van der Waals surface area contributed by atoms with Crippen LogP contribution in [0.5, 0.6) is 5.75 Å². The second-order valence-electron chi connectivity index (χ2n) is 4.89. The van der Waals surface area contributed by atoms with Gasteiger partial charge in [-0.15, -0.1) is 0 Å². The van der Waals surface area contributed by atoms with Crippen molar-refractivity contribution in [2.45, 2.75) is 39.8 Å². The van der Waals surface area contributed by atoms with Crippen molar-refractivity contribution < 1.29 is 14.3 Å². The van der Waals surface area contributed by atoms with Crippen LogP contribution in [0.4, 0.5) is 0 Å². The largest absolute Gasteiger partial charge is 0.496 e. The van der Waals surface area contributed by atoms with Crippen molar-refractivity contribution in [3.05, 3.63) is 29.3 Å². The molecule has 0 radical (unpaired) electrons. The van der Waals surface area contributed by atoms with Gasteiger partial charge in [0.15, 0.2) is 0 Å². The summed E-state index contributed by atoms with van der Waals surface area (Å²) in [4.78, 5) is 11.7. The maximum atomic E-state index is 11.7. The molecule has 19 heavy (non-hydrogen) atoms. The molecule has 0 saturated carbocycles. The van der Waals surface area contributed by atoms with Crippen molar-refractivity contribution in [1.82, 2.24) is 5.32 Å². The number of nitrogens with one attached hydrogen (secondary N) is 1. The minimum Gasteiger partial charge on any atom is -0.496 e. The number of ether oxygens (including phenoxy) is 2. The van der Waals surface area contributed by atoms with E-state index >= 15 is 0 Å². The summed E-state index contributed by atoms with van der Waals surface area (Å²) in [6.45, 7) is 7.83. The third kappa shape index (κ3) is 4.91. The normalized spacial score (nSPS) is 12.3. The first-order valence-corrected chi connectivity index (χ1v) is 6.49. The van der Waals surface area contributed by atoms with E-state index in [9.17, 15) is 4.79 Å². The molecule has 0 aliphatic heterocycles. The van der Waals surface area contributed by atoms with Crippen LogP contribution in [0.15, 0.2) is 18.2 Å². The van der Waals surface area contributed by atoms with Crippen LogP contribution in [-0.4, -0.2) is 25.7 Å². The number of carbonyl (C=O) groups is 1. The Bertz CT molecular complexity index is 429. The van der Waals surface area contributed by atoms with Gasteiger partial charge in [-0.3, -0.25) is 4.79 Å². The average Bonchev–Trinajstić information content (AvgIpc) is 2.36. The molecule has 0 fully saturated rings. The Hall–Kier alpha value is -1.55. The molecule has 0 spiro atoms. The van der Waals surface area contributed by atoms with Crippen LogP contribution in [0, 0.1) is 6.92 Å². The van der Waals surface area contributed by atoms with E-state index in [-0.39, 0.29) is 24.7 Å². The second-order valence-corrected chi connectivity index (χ2v) is 4.89. The van der Waals surface area contributed by atoms with Gasteiger partial charge in [0.2, 0.25) is 5.91 Å². The van der Waals surface area contributed by atoms with Crippen LogP contribution in [0.1, 0.15) is 37.9 Å². The maximum Gasteiger partial charge on any atom is 0.246 e. The topological polar surface area (TPSA) is 47.6 Å². The van der Waals surface area contributed by atoms with Crippen molar-refractivity contribution in [1.29, 1.82) is 0 Å². The first-order chi connectivity index (χ1) is 8.93. The molecule has 1 aromatic rings. The summed E-state index contributed by atoms with van der Waals surface area (Å²) >= 11 is 0. The number of carbonyl (C=O) groups excluding carboxylic acids is 1. The highest BCUT2D eigenvalue weighted by molar-refractivity contribution is 5.77. The summed E-state index contributed by atoms with van der Waals surface area (Å²) in [5, 5.41) is 2.91. The zero-order valence-electron chi connectivity index (χ0n) is 12.3. The molecule has 0 bridgehead atoms. The number of hydrogen-bond donors (Lipinski definition) is 1. The van der Waals surface area contributed by atoms with Gasteiger partial charge in [-0.25, -0.2) is 0 Å². The van der Waals surface area contributed by atoms with Crippen molar-refractivity contribution >= 4 is 5.91 Å². The van der Waals surface area contributed by atoms with Crippen LogP contribution >= 0.6 is 0 Å². The van der Waals surface area contributed by atoms with Crippen LogP contribution < -0.4 is 10.1 Å². The SMILES string of the molecule is COc1ccc(C)cc1C(C)NC(=O)COC(C)C. The quantitative estimate of drug-likeness (QED) is 0.860. The molecule has 0 heterocycles. The van der Waals surface area contributed by atoms with Crippen molar-refractivity contribution in [3.63, 3.8) is 0 Å². The summed E-state index contributed by atoms with van der Waals surface area (Å²) in [5.74, 6) is 0.660. The van der Waals surface area contributed by atoms with Gasteiger partial charge in [-0.1, -0.05) is 17.7 Å². The molecule has 1 atom stereocenters. The molecule has 0 saturated heterocycles. The number of hydrogen-bond acceptors (Lipinski definition) is 3. The minimum absolute atomic E-state index is 0.0505. The fourth-order valence-electron chi connectivity index (χ4n) is 1.80. The first-order valence-electron chi connectivity index (χ1n) is 6.49. The Labute approximate surface area is 115 Å². The molecule has 106 valence electrons. The van der Waals surface area contributed by atoms with Gasteiger partial charge in [-0.2, -0.15) is 0 Å². The van der Waals surface area contributed by atoms with Gasteiger partial charge in [0.1, 0.15) is 12.4 Å². The Morgan fingerprint density at radius 2 is 2.00 bits per heavy atom. The molecule has 0 aromatic heterocycles. The number of methoxy groups -OCH3 is 1. The van der Waals surface area contributed by atoms with E-state index in [4.69, 9.17) is 9.47 Å². The van der Waals surface area contributed by atoms with Crippen LogP contribution in [0.3, 0.4) is 0 Å². The van der Waals surface area contributed by atoms with Gasteiger partial charge in [0, 0.05) is 5.56 Å². The average molecular weight is 265 g/mol. The molecule has 0 aliphatic carbocycles. The molecule has 1 aromatic carbocycles. The molecule has 1 amide bonds. The van der Waals surface area contributed by atoms with E-state index in [0.717, 1.165) is 16.9 Å². The molecule has 0 aliphatic rings. The third-order valence-corrected chi connectivity index (χ3v) is 2.78. The Balaban J connectivity index is 2.69. The van der Waals surface area contributed by atoms with E-state index in [1.165, 1.54) is 0 Å². The predicted octanol–water partition coefficient (Wildman–Crippen LogP) is 2.61. The molecule has 1 N–H and O–H groups in total. The van der Waals surface area contributed by atoms with Crippen molar-refractivity contribution in [2.24, 2.45) is 0 Å². The Morgan fingerprint density at radius 3 is 2.58 bits per heavy atom. The number of amides is 1. The van der Waals surface area contributed by atoms with E-state index in [0.29, 0.717) is 0 Å². The lowest BCUT2D eigenvalue weighted by Crippen LogP contribution is -2.31. The fraction of sp³-hybridized carbons (Fsp3) is 0.533. The second kappa shape index (κ2) is 7.14. The highest BCUT2D eigenvalue weighted by Gasteiger charge is 2.14. The van der Waals surface area contributed by atoms with Gasteiger partial charge in [0.05, 0.1) is 19.3 Å². The van der Waals surface area contributed by atoms with Gasteiger partial charge >= 0.3 is 0 Å². The molecule has 4 nitrogen and oxygen atoms in total. The van der Waals surface area contributed by atoms with E-state index in [1.807, 2.05) is 45.9 Å². The van der Waals surface area contributed by atoms with Gasteiger partial charge < -0.3 is 14.8 Å². The number of aryl methyl sites for hydroxylation is 1. The molecular formula is C15H23NO3. The molecule has 4 heteroatoms. The summed E-state index contributed by atoms with van der Waals surface area (Å²) in [7, 11) is 1.63. The number of benzene rings is 1. The van der Waals surface area contributed by atoms with Gasteiger partial charge in [-0.05, 0) is 33.8 Å². The van der Waals surface area contributed by atoms with Crippen LogP contribution in [0.25, 0.3) is 0 Å². The van der Waals surface area contributed by atoms with Crippen LogP contribution in [0.2, 0.25) is 0 Å². The Kier molecular flexibility index (Phi) is 5.83. The zero-order valence-corrected chi connectivity index (χ0v) is 12.3. The Morgan fingerprint density at radius 1 is 1.32 bits per heavy atom. The van der Waals surface area contributed by atoms with Crippen molar-refractivity contribution in [3.8, 4) is 5.75 Å². The van der Waals surface area contributed by atoms with Crippen molar-refractivity contribution in [2.75, 3.05) is 13.7 Å². The smallest absolute Gasteiger partial charge is 0.246 e. The third-order valence-electron chi connectivity index (χ3n) is 2.78. The van der Waals surface area contributed by atoms with E-state index < -0.39 is 0 Å². The van der Waals surface area contributed by atoms with Crippen LogP contribution in [-0.2, 0) is 9.53 Å². The zero-order chi connectivity index (χ0) is 14.4. The first kappa shape index (κ1) is 15.5. The minimum atomic E-state index is -0.121. The van der Waals surface area contributed by atoms with E-state index in [1.54, 1.807) is 7.11 Å². The lowest BCUT2D eigenvalue weighted by atomic mass is 10.0. The lowest BCUT2D eigenvalue weighted by molar-refractivity contribution is -0.127. The molecule has 1 rings (SSSR count). The van der Waals surface area contributed by atoms with Gasteiger partial charge in [0.25, 0.3) is 0 Å². The summed E-state index contributed by atoms with van der Waals surface area (Å²) in [5.41, 5.74) is 2.11. The summed E-state index contributed by atoms with van der Waals surface area (Å²) < 4.78 is 10.6. The highest BCUT2D eigenvalue weighted by Crippen LogP contribution is 2.25. The van der Waals surface area contributed by atoms with E-state index in [2.05, 4.69) is 5.32 Å². The lowest BCUT2D eigenvalue weighted by Gasteiger charge is -2.18. The fourth-order valence-corrected chi connectivity index (χ4v) is 1.80. The highest BCUT2D eigenvalue weighted by atomic mass is 16.5. The maximum absolute atomic E-state index is 11.7. The molecular weight excluding hydrogens is 242 g/mol. The summed E-state index contributed by atoms with van der Waals surface area (Å²) in [6, 6.07) is 5.81. The standard InChI is InChI=1S/C15H23NO3/c1-10(2)19-9-15(17)16-12(4)13-8-11(3)6-7-14(13)18-5/h6-8,10,12H,9H2,1-5H3,(H,16,17). The predicted molar refractivity (Wildman–Crippen MR) is 75.4 cm³/mol. The monoisotopic (exact) mass is 265 g/mol.